The Hall–Kier alpha value is -1.05. The first-order chi connectivity index (χ1) is 11.4. The van der Waals surface area contributed by atoms with Gasteiger partial charge in [-0.15, -0.1) is 0 Å². The van der Waals surface area contributed by atoms with Gasteiger partial charge >= 0.3 is 13.1 Å². The maximum Gasteiger partial charge on any atom is 0.451 e. The molecule has 0 spiro atoms. The Morgan fingerprint density at radius 1 is 1.42 bits per heavy atom. The smallest absolute Gasteiger partial charge is 0.451 e. The highest BCUT2D eigenvalue weighted by Gasteiger charge is 2.38. The number of carbonyl (C=O) groups is 1. The van der Waals surface area contributed by atoms with Crippen molar-refractivity contribution < 1.29 is 19.9 Å². The zero-order valence-electron chi connectivity index (χ0n) is 15.2. The fraction of sp³-hybridized carbons (Fsp3) is 0.824. The summed E-state index contributed by atoms with van der Waals surface area (Å²) in [6.07, 6.45) is 6.68. The van der Waals surface area contributed by atoms with Crippen molar-refractivity contribution in [3.63, 3.8) is 0 Å². The van der Waals surface area contributed by atoms with Crippen LogP contribution in [0.25, 0.3) is 0 Å². The van der Waals surface area contributed by atoms with Crippen molar-refractivity contribution in [2.75, 3.05) is 19.6 Å². The molecule has 4 N–H and O–H groups in total. The first kappa shape index (κ1) is 21.0. The van der Waals surface area contributed by atoms with E-state index in [2.05, 4.69) is 24.1 Å². The molecule has 1 fully saturated rings. The SMILES string of the molecule is C/C=C\NC(CN1CC(CCCB(O)O)C(C(=O)O)C1)C(C)CC. The van der Waals surface area contributed by atoms with Crippen molar-refractivity contribution >= 4 is 13.1 Å². The van der Waals surface area contributed by atoms with Gasteiger partial charge in [0.25, 0.3) is 0 Å². The molecule has 7 heteroatoms. The van der Waals surface area contributed by atoms with E-state index < -0.39 is 13.1 Å². The molecule has 0 aromatic carbocycles. The number of rotatable bonds is 11. The lowest BCUT2D eigenvalue weighted by atomic mass is 9.80. The minimum Gasteiger partial charge on any atom is -0.481 e. The molecule has 138 valence electrons. The van der Waals surface area contributed by atoms with E-state index in [4.69, 9.17) is 10.0 Å². The number of hydrogen-bond donors (Lipinski definition) is 4. The average molecular weight is 340 g/mol. The first-order valence-electron chi connectivity index (χ1n) is 9.07. The van der Waals surface area contributed by atoms with Gasteiger partial charge in [0.1, 0.15) is 0 Å². The summed E-state index contributed by atoms with van der Waals surface area (Å²) in [7, 11) is -1.30. The third-order valence-electron chi connectivity index (χ3n) is 5.13. The lowest BCUT2D eigenvalue weighted by molar-refractivity contribution is -0.142. The van der Waals surface area contributed by atoms with Gasteiger partial charge in [0.15, 0.2) is 0 Å². The molecule has 1 aliphatic rings. The van der Waals surface area contributed by atoms with E-state index in [1.165, 1.54) is 0 Å². The van der Waals surface area contributed by atoms with Gasteiger partial charge in [-0.2, -0.15) is 0 Å². The Bertz CT molecular complexity index is 406. The monoisotopic (exact) mass is 340 g/mol. The minimum atomic E-state index is -1.30. The largest absolute Gasteiger partial charge is 0.481 e. The number of likely N-dealkylation sites (tertiary alicyclic amines) is 1. The third-order valence-corrected chi connectivity index (χ3v) is 5.13. The molecule has 4 unspecified atom stereocenters. The molecule has 1 aliphatic heterocycles. The van der Waals surface area contributed by atoms with Crippen molar-refractivity contribution in [1.29, 1.82) is 0 Å². The topological polar surface area (TPSA) is 93.0 Å². The van der Waals surface area contributed by atoms with Gasteiger partial charge in [-0.1, -0.05) is 32.8 Å². The van der Waals surface area contributed by atoms with Crippen molar-refractivity contribution in [3.05, 3.63) is 12.3 Å². The molecule has 0 aromatic heterocycles. The van der Waals surface area contributed by atoms with Gasteiger partial charge in [0.05, 0.1) is 5.92 Å². The van der Waals surface area contributed by atoms with Crippen LogP contribution in [0.4, 0.5) is 0 Å². The first-order valence-corrected chi connectivity index (χ1v) is 9.07. The van der Waals surface area contributed by atoms with Gasteiger partial charge < -0.3 is 25.4 Å². The molecule has 1 rings (SSSR count). The molecule has 0 bridgehead atoms. The van der Waals surface area contributed by atoms with E-state index in [1.807, 2.05) is 19.2 Å². The predicted octanol–water partition coefficient (Wildman–Crippen LogP) is 1.41. The van der Waals surface area contributed by atoms with Gasteiger partial charge in [0, 0.05) is 25.7 Å². The number of carboxylic acids is 1. The van der Waals surface area contributed by atoms with Crippen LogP contribution in [0.3, 0.4) is 0 Å². The van der Waals surface area contributed by atoms with Gasteiger partial charge in [-0.05, 0) is 37.7 Å². The second kappa shape index (κ2) is 10.7. The van der Waals surface area contributed by atoms with Crippen LogP contribution in [-0.4, -0.2) is 58.8 Å². The fourth-order valence-corrected chi connectivity index (χ4v) is 3.42. The molecule has 1 heterocycles. The normalized spacial score (nSPS) is 24.2. The van der Waals surface area contributed by atoms with Gasteiger partial charge in [-0.25, -0.2) is 0 Å². The Morgan fingerprint density at radius 2 is 2.12 bits per heavy atom. The van der Waals surface area contributed by atoms with Crippen LogP contribution in [0.5, 0.6) is 0 Å². The van der Waals surface area contributed by atoms with Crippen LogP contribution in [0.15, 0.2) is 12.3 Å². The second-order valence-corrected chi connectivity index (χ2v) is 6.99. The summed E-state index contributed by atoms with van der Waals surface area (Å²) in [6.45, 7) is 8.54. The molecule has 1 saturated heterocycles. The van der Waals surface area contributed by atoms with E-state index in [0.717, 1.165) is 25.9 Å². The summed E-state index contributed by atoms with van der Waals surface area (Å²) in [6, 6.07) is 0.304. The number of nitrogens with zero attached hydrogens (tertiary/aromatic N) is 1. The Kier molecular flexibility index (Phi) is 9.40. The Labute approximate surface area is 146 Å². The van der Waals surface area contributed by atoms with Crippen LogP contribution in [-0.2, 0) is 4.79 Å². The van der Waals surface area contributed by atoms with Crippen molar-refractivity contribution in [3.8, 4) is 0 Å². The van der Waals surface area contributed by atoms with E-state index in [0.29, 0.717) is 31.2 Å². The van der Waals surface area contributed by atoms with E-state index in [9.17, 15) is 9.90 Å². The summed E-state index contributed by atoms with van der Waals surface area (Å²) in [5, 5.41) is 30.8. The molecule has 0 aromatic rings. The van der Waals surface area contributed by atoms with E-state index in [1.54, 1.807) is 0 Å². The van der Waals surface area contributed by atoms with Crippen molar-refractivity contribution in [1.82, 2.24) is 10.2 Å². The van der Waals surface area contributed by atoms with Gasteiger partial charge in [0.2, 0.25) is 0 Å². The summed E-state index contributed by atoms with van der Waals surface area (Å²) < 4.78 is 0. The molecule has 0 radical (unpaired) electrons. The number of carboxylic acid groups (broad SMARTS) is 1. The standard InChI is InChI=1S/C17H33BN2O4/c1-4-9-19-16(13(3)5-2)12-20-10-14(7-6-8-18(23)24)15(11-20)17(21)22/h4,9,13-16,19,23-24H,5-8,10-12H2,1-3H3,(H,21,22)/b9-4-. The molecule has 24 heavy (non-hydrogen) atoms. The Balaban J connectivity index is 2.62. The maximum absolute atomic E-state index is 11.6. The number of hydrogen-bond acceptors (Lipinski definition) is 5. The maximum atomic E-state index is 11.6. The zero-order chi connectivity index (χ0) is 18.1. The highest BCUT2D eigenvalue weighted by molar-refractivity contribution is 6.40. The zero-order valence-corrected chi connectivity index (χ0v) is 15.2. The lowest BCUT2D eigenvalue weighted by Crippen LogP contribution is -2.42. The Morgan fingerprint density at radius 3 is 2.67 bits per heavy atom. The van der Waals surface area contributed by atoms with Crippen LogP contribution in [0, 0.1) is 17.8 Å². The van der Waals surface area contributed by atoms with Crippen molar-refractivity contribution in [2.24, 2.45) is 17.8 Å². The lowest BCUT2D eigenvalue weighted by Gasteiger charge is -2.28. The highest BCUT2D eigenvalue weighted by atomic mass is 16.4. The summed E-state index contributed by atoms with van der Waals surface area (Å²) >= 11 is 0. The number of nitrogens with one attached hydrogen (secondary N) is 1. The highest BCUT2D eigenvalue weighted by Crippen LogP contribution is 2.29. The quantitative estimate of drug-likeness (QED) is 0.425. The third kappa shape index (κ3) is 6.83. The summed E-state index contributed by atoms with van der Waals surface area (Å²) in [5.41, 5.74) is 0. The molecular weight excluding hydrogens is 307 g/mol. The molecule has 0 amide bonds. The predicted molar refractivity (Wildman–Crippen MR) is 96.5 cm³/mol. The van der Waals surface area contributed by atoms with Gasteiger partial charge in [-0.3, -0.25) is 4.79 Å². The molecular formula is C17H33BN2O4. The van der Waals surface area contributed by atoms with Crippen molar-refractivity contribution in [2.45, 2.75) is 52.4 Å². The number of allylic oxidation sites excluding steroid dienone is 1. The molecule has 0 saturated carbocycles. The second-order valence-electron chi connectivity index (χ2n) is 6.99. The number of aliphatic carboxylic acids is 1. The summed E-state index contributed by atoms with van der Waals surface area (Å²) in [5.74, 6) is -0.512. The fourth-order valence-electron chi connectivity index (χ4n) is 3.42. The molecule has 0 aliphatic carbocycles. The summed E-state index contributed by atoms with van der Waals surface area (Å²) in [4.78, 5) is 13.8. The minimum absolute atomic E-state index is 0.0838. The molecule has 6 nitrogen and oxygen atoms in total. The average Bonchev–Trinajstić information content (AvgIpc) is 2.93. The van der Waals surface area contributed by atoms with Crippen LogP contribution in [0.2, 0.25) is 6.32 Å². The van der Waals surface area contributed by atoms with E-state index in [-0.39, 0.29) is 11.8 Å². The van der Waals surface area contributed by atoms with E-state index >= 15 is 0 Å². The van der Waals surface area contributed by atoms with Crippen LogP contribution >= 0.6 is 0 Å². The molecule has 4 atom stereocenters. The van der Waals surface area contributed by atoms with Crippen LogP contribution < -0.4 is 5.32 Å². The van der Waals surface area contributed by atoms with Crippen LogP contribution in [0.1, 0.15) is 40.0 Å².